The van der Waals surface area contributed by atoms with Crippen LogP contribution in [0.5, 0.6) is 5.75 Å². The lowest BCUT2D eigenvalue weighted by Gasteiger charge is -2.22. The quantitative estimate of drug-likeness (QED) is 0.685. The predicted molar refractivity (Wildman–Crippen MR) is 81.4 cm³/mol. The van der Waals surface area contributed by atoms with Crippen molar-refractivity contribution < 1.29 is 25.2 Å². The van der Waals surface area contributed by atoms with Crippen molar-refractivity contribution in [3.8, 4) is 5.75 Å². The molecule has 0 aliphatic rings. The number of aliphatic hydroxyl groups is 2. The second-order valence-electron chi connectivity index (χ2n) is 5.87. The Morgan fingerprint density at radius 3 is 2.19 bits per heavy atom. The van der Waals surface area contributed by atoms with Crippen LogP contribution < -0.4 is 0 Å². The van der Waals surface area contributed by atoms with Crippen LogP contribution in [0.1, 0.15) is 57.8 Å². The Morgan fingerprint density at radius 2 is 1.86 bits per heavy atom. The summed E-state index contributed by atoms with van der Waals surface area (Å²) in [5.74, 6) is -0.492. The maximum Gasteiger partial charge on any atom is 0.303 e. The van der Waals surface area contributed by atoms with Crippen molar-refractivity contribution in [3.05, 3.63) is 29.3 Å². The van der Waals surface area contributed by atoms with Crippen LogP contribution in [0.25, 0.3) is 0 Å². The Balaban J connectivity index is 0.000000567. The Morgan fingerprint density at radius 1 is 1.29 bits per heavy atom. The number of carboxylic acid groups (broad SMARTS) is 1. The van der Waals surface area contributed by atoms with Crippen LogP contribution in [-0.4, -0.2) is 33.0 Å². The summed E-state index contributed by atoms with van der Waals surface area (Å²) >= 11 is 0. The van der Waals surface area contributed by atoms with Gasteiger partial charge in [-0.15, -0.1) is 0 Å². The fourth-order valence-corrected chi connectivity index (χ4v) is 1.68. The highest BCUT2D eigenvalue weighted by atomic mass is 16.4. The highest BCUT2D eigenvalue weighted by Gasteiger charge is 2.19. The lowest BCUT2D eigenvalue weighted by atomic mass is 9.85. The number of carboxylic acids is 1. The van der Waals surface area contributed by atoms with Gasteiger partial charge in [0.05, 0.1) is 6.61 Å². The second kappa shape index (κ2) is 8.64. The van der Waals surface area contributed by atoms with Gasteiger partial charge in [0.15, 0.2) is 0 Å². The van der Waals surface area contributed by atoms with Crippen LogP contribution in [0.3, 0.4) is 0 Å². The summed E-state index contributed by atoms with van der Waals surface area (Å²) in [5.41, 5.74) is 1.21. The third-order valence-corrected chi connectivity index (χ3v) is 2.85. The summed E-state index contributed by atoms with van der Waals surface area (Å²) in [5, 5.41) is 35.9. The van der Waals surface area contributed by atoms with Crippen molar-refractivity contribution in [2.45, 2.75) is 52.1 Å². The summed E-state index contributed by atoms with van der Waals surface area (Å²) in [7, 11) is 0. The van der Waals surface area contributed by atoms with Gasteiger partial charge in [-0.25, -0.2) is 0 Å². The molecular weight excluding hydrogens is 272 g/mol. The van der Waals surface area contributed by atoms with E-state index in [2.05, 4.69) is 0 Å². The zero-order chi connectivity index (χ0) is 16.6. The van der Waals surface area contributed by atoms with E-state index in [9.17, 15) is 15.0 Å². The van der Waals surface area contributed by atoms with Gasteiger partial charge < -0.3 is 20.4 Å². The minimum atomic E-state index is -0.883. The molecule has 0 aliphatic heterocycles. The van der Waals surface area contributed by atoms with E-state index in [-0.39, 0.29) is 17.8 Å². The van der Waals surface area contributed by atoms with E-state index in [1.165, 1.54) is 0 Å². The molecule has 1 unspecified atom stereocenters. The highest BCUT2D eigenvalue weighted by molar-refractivity contribution is 5.66. The maximum atomic E-state index is 9.68. The van der Waals surface area contributed by atoms with Crippen LogP contribution in [0.2, 0.25) is 0 Å². The van der Waals surface area contributed by atoms with Crippen LogP contribution in [0.15, 0.2) is 18.2 Å². The van der Waals surface area contributed by atoms with E-state index in [1.54, 1.807) is 18.2 Å². The maximum absolute atomic E-state index is 9.68. The largest absolute Gasteiger partial charge is 0.508 e. The number of hydrogen-bond donors (Lipinski definition) is 4. The van der Waals surface area contributed by atoms with E-state index in [4.69, 9.17) is 10.2 Å². The standard InChI is InChI=1S/C12H18O3.C4H8O2/c1-12(2,3)9-6-8(11(15)7-13)4-5-10(9)14;1-2-3-4(5)6/h4-6,11,13-15H,7H2,1-3H3;2-3H2,1H3,(H,5,6). The van der Waals surface area contributed by atoms with Crippen molar-refractivity contribution in [1.82, 2.24) is 0 Å². The fourth-order valence-electron chi connectivity index (χ4n) is 1.68. The minimum Gasteiger partial charge on any atom is -0.508 e. The minimum absolute atomic E-state index is 0.185. The van der Waals surface area contributed by atoms with E-state index >= 15 is 0 Å². The molecule has 0 amide bonds. The fraction of sp³-hybridized carbons (Fsp3) is 0.562. The van der Waals surface area contributed by atoms with Crippen molar-refractivity contribution in [2.24, 2.45) is 0 Å². The topological polar surface area (TPSA) is 98.0 Å². The van der Waals surface area contributed by atoms with Gasteiger partial charge in [-0.1, -0.05) is 33.8 Å². The number of hydrogen-bond acceptors (Lipinski definition) is 4. The van der Waals surface area contributed by atoms with E-state index in [0.29, 0.717) is 12.0 Å². The van der Waals surface area contributed by atoms with Crippen LogP contribution in [0.4, 0.5) is 0 Å². The number of benzene rings is 1. The molecule has 0 spiro atoms. The first-order valence-electron chi connectivity index (χ1n) is 6.97. The molecular formula is C16H26O5. The Labute approximate surface area is 125 Å². The van der Waals surface area contributed by atoms with E-state index < -0.39 is 12.1 Å². The lowest BCUT2D eigenvalue weighted by molar-refractivity contribution is -0.137. The molecule has 0 heterocycles. The Bertz CT molecular complexity index is 448. The molecule has 0 bridgehead atoms. The first-order valence-corrected chi connectivity index (χ1v) is 6.97. The molecule has 0 saturated carbocycles. The normalized spacial score (nSPS) is 12.3. The highest BCUT2D eigenvalue weighted by Crippen LogP contribution is 2.32. The molecule has 21 heavy (non-hydrogen) atoms. The third kappa shape index (κ3) is 7.11. The van der Waals surface area contributed by atoms with Crippen LogP contribution in [-0.2, 0) is 10.2 Å². The molecule has 1 rings (SSSR count). The van der Waals surface area contributed by atoms with Crippen LogP contribution >= 0.6 is 0 Å². The predicted octanol–water partition coefficient (Wildman–Crippen LogP) is 2.59. The first-order chi connectivity index (χ1) is 9.63. The number of carbonyl (C=O) groups is 1. The van der Waals surface area contributed by atoms with Gasteiger partial charge in [-0.3, -0.25) is 4.79 Å². The SMILES string of the molecule is CC(C)(C)c1cc(C(O)CO)ccc1O.CCCC(=O)O. The summed E-state index contributed by atoms with van der Waals surface area (Å²) in [4.78, 5) is 9.60. The molecule has 1 atom stereocenters. The second-order valence-corrected chi connectivity index (χ2v) is 5.87. The molecule has 4 N–H and O–H groups in total. The van der Waals surface area contributed by atoms with E-state index in [0.717, 1.165) is 12.0 Å². The van der Waals surface area contributed by atoms with Crippen molar-refractivity contribution in [2.75, 3.05) is 6.61 Å². The monoisotopic (exact) mass is 298 g/mol. The van der Waals surface area contributed by atoms with Gasteiger partial charge in [0.1, 0.15) is 11.9 Å². The van der Waals surface area contributed by atoms with Crippen LogP contribution in [0, 0.1) is 0 Å². The molecule has 0 radical (unpaired) electrons. The number of aliphatic carboxylic acids is 1. The lowest BCUT2D eigenvalue weighted by Crippen LogP contribution is -2.13. The zero-order valence-electron chi connectivity index (χ0n) is 13.1. The summed E-state index contributed by atoms with van der Waals surface area (Å²) in [6.45, 7) is 7.48. The zero-order valence-corrected chi connectivity index (χ0v) is 13.1. The average Bonchev–Trinajstić information content (AvgIpc) is 2.37. The molecule has 5 heteroatoms. The number of phenolic OH excluding ortho intramolecular Hbond substituents is 1. The summed E-state index contributed by atoms with van der Waals surface area (Å²) in [6, 6.07) is 4.90. The molecule has 0 aliphatic carbocycles. The summed E-state index contributed by atoms with van der Waals surface area (Å²) < 4.78 is 0. The molecule has 1 aromatic carbocycles. The molecule has 120 valence electrons. The van der Waals surface area contributed by atoms with Gasteiger partial charge in [0.25, 0.3) is 0 Å². The first kappa shape index (κ1) is 19.4. The molecule has 5 nitrogen and oxygen atoms in total. The molecule has 0 saturated heterocycles. The number of aliphatic hydroxyl groups excluding tert-OH is 2. The molecule has 0 aromatic heterocycles. The van der Waals surface area contributed by atoms with Crippen molar-refractivity contribution in [3.63, 3.8) is 0 Å². The smallest absolute Gasteiger partial charge is 0.303 e. The number of aromatic hydroxyl groups is 1. The van der Waals surface area contributed by atoms with Crippen molar-refractivity contribution in [1.29, 1.82) is 0 Å². The average molecular weight is 298 g/mol. The summed E-state index contributed by atoms with van der Waals surface area (Å²) in [6.07, 6.45) is 0.140. The van der Waals surface area contributed by atoms with Gasteiger partial charge in [-0.2, -0.15) is 0 Å². The van der Waals surface area contributed by atoms with Gasteiger partial charge in [0, 0.05) is 6.42 Å². The van der Waals surface area contributed by atoms with Gasteiger partial charge >= 0.3 is 5.97 Å². The number of rotatable bonds is 4. The molecule has 1 aromatic rings. The van der Waals surface area contributed by atoms with Gasteiger partial charge in [0.2, 0.25) is 0 Å². The number of phenols is 1. The Hall–Kier alpha value is -1.59. The van der Waals surface area contributed by atoms with E-state index in [1.807, 2.05) is 27.7 Å². The molecule has 0 fully saturated rings. The van der Waals surface area contributed by atoms with Gasteiger partial charge in [-0.05, 0) is 35.1 Å². The Kier molecular flexibility index (Phi) is 7.99. The third-order valence-electron chi connectivity index (χ3n) is 2.85. The van der Waals surface area contributed by atoms with Crippen molar-refractivity contribution >= 4 is 5.97 Å².